The molecule has 8 nitrogen and oxygen atoms in total. The zero-order valence-corrected chi connectivity index (χ0v) is 18.5. The van der Waals surface area contributed by atoms with Crippen LogP contribution >= 0.6 is 0 Å². The van der Waals surface area contributed by atoms with Crippen molar-refractivity contribution >= 4 is 10.0 Å². The van der Waals surface area contributed by atoms with Gasteiger partial charge in [-0.25, -0.2) is 18.1 Å². The minimum Gasteiger partial charge on any atom is -0.481 e. The fourth-order valence-corrected chi connectivity index (χ4v) is 6.18. The van der Waals surface area contributed by atoms with E-state index in [9.17, 15) is 8.42 Å². The van der Waals surface area contributed by atoms with Gasteiger partial charge >= 0.3 is 0 Å². The van der Waals surface area contributed by atoms with Crippen molar-refractivity contribution in [3.05, 3.63) is 66.9 Å². The third kappa shape index (κ3) is 3.95. The Labute approximate surface area is 182 Å². The number of sulfonamides is 1. The summed E-state index contributed by atoms with van der Waals surface area (Å²) in [6.07, 6.45) is 8.13. The molecule has 2 heterocycles. The highest BCUT2D eigenvalue weighted by Gasteiger charge is 2.48. The van der Waals surface area contributed by atoms with E-state index in [4.69, 9.17) is 4.74 Å². The van der Waals surface area contributed by atoms with Crippen LogP contribution in [0.4, 0.5) is 0 Å². The summed E-state index contributed by atoms with van der Waals surface area (Å²) in [4.78, 5) is 4.69. The number of nitrogens with zero attached hydrogens (tertiary/aromatic N) is 4. The maximum Gasteiger partial charge on any atom is 0.240 e. The summed E-state index contributed by atoms with van der Waals surface area (Å²) >= 11 is 0. The van der Waals surface area contributed by atoms with Crippen LogP contribution in [0.3, 0.4) is 0 Å². The van der Waals surface area contributed by atoms with E-state index in [-0.39, 0.29) is 16.9 Å². The molecule has 164 valence electrons. The lowest BCUT2D eigenvalue weighted by molar-refractivity contribution is 0.119. The summed E-state index contributed by atoms with van der Waals surface area (Å²) in [5, 5.41) is 8.10. The highest BCUT2D eigenvalue weighted by molar-refractivity contribution is 7.89. The average Bonchev–Trinajstić information content (AvgIpc) is 3.35. The van der Waals surface area contributed by atoms with Crippen LogP contribution in [0, 0.1) is 5.92 Å². The maximum absolute atomic E-state index is 13.0. The Hall–Kier alpha value is -2.78. The third-order valence-corrected chi connectivity index (χ3v) is 7.81. The molecule has 0 aliphatic heterocycles. The first-order valence-electron chi connectivity index (χ1n) is 10.4. The second kappa shape index (κ2) is 8.76. The summed E-state index contributed by atoms with van der Waals surface area (Å²) in [5.41, 5.74) is 0.327. The van der Waals surface area contributed by atoms with Crippen molar-refractivity contribution in [2.24, 2.45) is 5.92 Å². The molecule has 4 rings (SSSR count). The Bertz CT molecular complexity index is 1110. The molecule has 1 saturated carbocycles. The molecule has 1 N–H and O–H groups in total. The first kappa shape index (κ1) is 21.5. The van der Waals surface area contributed by atoms with E-state index in [1.54, 1.807) is 56.3 Å². The number of hydrogen-bond donors (Lipinski definition) is 1. The largest absolute Gasteiger partial charge is 0.481 e. The Balaban J connectivity index is 1.78. The molecule has 0 spiro atoms. The SMILES string of the molecule is CCC1CC[C@H](NS(=O)(=O)c2ccccc2)C[C@@]1(c1cccnc1OC)n1cnnc1. The highest BCUT2D eigenvalue weighted by atomic mass is 32.2. The lowest BCUT2D eigenvalue weighted by atomic mass is 9.66. The second-order valence-electron chi connectivity index (χ2n) is 7.87. The van der Waals surface area contributed by atoms with Gasteiger partial charge in [-0.2, -0.15) is 0 Å². The van der Waals surface area contributed by atoms with E-state index >= 15 is 0 Å². The van der Waals surface area contributed by atoms with Gasteiger partial charge in [-0.05, 0) is 49.4 Å². The van der Waals surface area contributed by atoms with Crippen LogP contribution < -0.4 is 9.46 Å². The standard InChI is InChI=1S/C22H27N5O3S/c1-3-17-11-12-18(26-31(28,29)19-8-5-4-6-9-19)14-22(17,27-15-24-25-16-27)20-10-7-13-23-21(20)30-2/h4-10,13,15-18,26H,3,11-12,14H2,1-2H3/t17?,18-,22+/m0/s1. The number of methoxy groups -OCH3 is 1. The number of rotatable bonds is 7. The molecule has 1 aliphatic carbocycles. The summed E-state index contributed by atoms with van der Waals surface area (Å²) < 4.78 is 36.6. The molecule has 31 heavy (non-hydrogen) atoms. The lowest BCUT2D eigenvalue weighted by Crippen LogP contribution is -2.52. The minimum atomic E-state index is -3.64. The zero-order chi connectivity index (χ0) is 21.9. The minimum absolute atomic E-state index is 0.235. The van der Waals surface area contributed by atoms with Crippen molar-refractivity contribution in [3.63, 3.8) is 0 Å². The zero-order valence-electron chi connectivity index (χ0n) is 17.7. The lowest BCUT2D eigenvalue weighted by Gasteiger charge is -2.48. The van der Waals surface area contributed by atoms with E-state index in [2.05, 4.69) is 26.8 Å². The van der Waals surface area contributed by atoms with Crippen molar-refractivity contribution in [2.75, 3.05) is 7.11 Å². The van der Waals surface area contributed by atoms with E-state index in [1.165, 1.54) is 0 Å². The first-order valence-corrected chi connectivity index (χ1v) is 11.9. The fourth-order valence-electron chi connectivity index (χ4n) is 4.89. The van der Waals surface area contributed by atoms with Crippen LogP contribution in [0.25, 0.3) is 0 Å². The molecule has 0 radical (unpaired) electrons. The Kier molecular flexibility index (Phi) is 6.06. The Morgan fingerprint density at radius 1 is 1.13 bits per heavy atom. The summed E-state index contributed by atoms with van der Waals surface area (Å²) in [5.74, 6) is 0.764. The number of aromatic nitrogens is 4. The van der Waals surface area contributed by atoms with Crippen LogP contribution in [0.1, 0.15) is 38.2 Å². The van der Waals surface area contributed by atoms with E-state index in [0.29, 0.717) is 12.3 Å². The van der Waals surface area contributed by atoms with Crippen molar-refractivity contribution < 1.29 is 13.2 Å². The maximum atomic E-state index is 13.0. The molecule has 0 saturated heterocycles. The molecular weight excluding hydrogens is 414 g/mol. The third-order valence-electron chi connectivity index (χ3n) is 6.28. The van der Waals surface area contributed by atoms with Crippen molar-refractivity contribution in [1.82, 2.24) is 24.5 Å². The summed E-state index contributed by atoms with van der Waals surface area (Å²) in [7, 11) is -2.04. The second-order valence-corrected chi connectivity index (χ2v) is 9.59. The summed E-state index contributed by atoms with van der Waals surface area (Å²) in [6, 6.07) is 12.1. The quantitative estimate of drug-likeness (QED) is 0.605. The number of ether oxygens (including phenoxy) is 1. The molecule has 1 aliphatic rings. The van der Waals surface area contributed by atoms with Crippen LogP contribution in [0.5, 0.6) is 5.88 Å². The number of nitrogens with one attached hydrogen (secondary N) is 1. The van der Waals surface area contributed by atoms with Gasteiger partial charge in [0.25, 0.3) is 0 Å². The highest BCUT2D eigenvalue weighted by Crippen LogP contribution is 2.48. The smallest absolute Gasteiger partial charge is 0.240 e. The molecular formula is C22H27N5O3S. The van der Waals surface area contributed by atoms with Gasteiger partial charge in [-0.3, -0.25) is 0 Å². The average molecular weight is 442 g/mol. The molecule has 0 bridgehead atoms. The van der Waals surface area contributed by atoms with E-state index < -0.39 is 15.6 Å². The number of hydrogen-bond acceptors (Lipinski definition) is 6. The summed E-state index contributed by atoms with van der Waals surface area (Å²) in [6.45, 7) is 2.15. The molecule has 0 amide bonds. The van der Waals surface area contributed by atoms with Gasteiger partial charge in [0.15, 0.2) is 0 Å². The van der Waals surface area contributed by atoms with Crippen molar-refractivity contribution in [2.45, 2.75) is 49.1 Å². The van der Waals surface area contributed by atoms with Gasteiger partial charge in [0.2, 0.25) is 15.9 Å². The van der Waals surface area contributed by atoms with Gasteiger partial charge in [-0.15, -0.1) is 10.2 Å². The van der Waals surface area contributed by atoms with Gasteiger partial charge < -0.3 is 9.30 Å². The Morgan fingerprint density at radius 2 is 1.87 bits per heavy atom. The van der Waals surface area contributed by atoms with Gasteiger partial charge in [0.1, 0.15) is 12.7 Å². The molecule has 1 unspecified atom stereocenters. The first-order chi connectivity index (χ1) is 15.0. The van der Waals surface area contributed by atoms with Gasteiger partial charge in [0.05, 0.1) is 17.5 Å². The molecule has 3 atom stereocenters. The molecule has 9 heteroatoms. The topological polar surface area (TPSA) is 99.0 Å². The predicted octanol–water partition coefficient (Wildman–Crippen LogP) is 2.98. The molecule has 1 aromatic carbocycles. The van der Waals surface area contributed by atoms with E-state index in [1.807, 2.05) is 16.7 Å². The van der Waals surface area contributed by atoms with Gasteiger partial charge in [0, 0.05) is 17.8 Å². The van der Waals surface area contributed by atoms with Crippen LogP contribution in [-0.4, -0.2) is 41.3 Å². The molecule has 1 fully saturated rings. The van der Waals surface area contributed by atoms with Gasteiger partial charge in [-0.1, -0.05) is 31.5 Å². The van der Waals surface area contributed by atoms with Crippen LogP contribution in [0.2, 0.25) is 0 Å². The predicted molar refractivity (Wildman–Crippen MR) is 116 cm³/mol. The monoisotopic (exact) mass is 441 g/mol. The fraction of sp³-hybridized carbons (Fsp3) is 0.409. The Morgan fingerprint density at radius 3 is 2.55 bits per heavy atom. The van der Waals surface area contributed by atoms with Crippen LogP contribution in [0.15, 0.2) is 66.2 Å². The van der Waals surface area contributed by atoms with E-state index in [0.717, 1.165) is 24.8 Å². The number of benzene rings is 1. The van der Waals surface area contributed by atoms with Crippen LogP contribution in [-0.2, 0) is 15.6 Å². The molecule has 2 aromatic heterocycles. The number of pyridine rings is 1. The van der Waals surface area contributed by atoms with Crippen molar-refractivity contribution in [3.8, 4) is 5.88 Å². The van der Waals surface area contributed by atoms with Crippen molar-refractivity contribution in [1.29, 1.82) is 0 Å². The molecule has 3 aromatic rings. The normalized spacial score (nSPS) is 24.1.